The average Bonchev–Trinajstić information content (AvgIpc) is 2.96. The second-order valence-electron chi connectivity index (χ2n) is 5.52. The minimum atomic E-state index is 0. The molecule has 1 saturated heterocycles. The van der Waals surface area contributed by atoms with E-state index in [1.807, 2.05) is 7.05 Å². The number of piperidine rings is 1. The van der Waals surface area contributed by atoms with Gasteiger partial charge >= 0.3 is 0 Å². The molecule has 1 aliphatic carbocycles. The van der Waals surface area contributed by atoms with Crippen molar-refractivity contribution in [3.05, 3.63) is 12.2 Å². The number of hydrogen-bond acceptors (Lipinski definition) is 2. The highest BCUT2D eigenvalue weighted by Crippen LogP contribution is 2.15. The smallest absolute Gasteiger partial charge is 0.191 e. The van der Waals surface area contributed by atoms with Crippen molar-refractivity contribution in [2.75, 3.05) is 26.7 Å². The largest absolute Gasteiger partial charge is 0.355 e. The first-order chi connectivity index (χ1) is 9.33. The lowest BCUT2D eigenvalue weighted by Gasteiger charge is -2.35. The number of aliphatic imine (C=N–C) groups is 1. The Kier molecular flexibility index (Phi) is 8.52. The van der Waals surface area contributed by atoms with E-state index >= 15 is 0 Å². The van der Waals surface area contributed by atoms with Crippen LogP contribution in [0.25, 0.3) is 0 Å². The zero-order valence-electron chi connectivity index (χ0n) is 12.8. The third-order valence-corrected chi connectivity index (χ3v) is 4.23. The zero-order valence-corrected chi connectivity index (χ0v) is 15.1. The molecular weight excluding hydrogens is 363 g/mol. The van der Waals surface area contributed by atoms with Crippen molar-refractivity contribution < 1.29 is 0 Å². The Hall–Kier alpha value is -0.300. The van der Waals surface area contributed by atoms with Crippen LogP contribution in [0.2, 0.25) is 0 Å². The fourth-order valence-electron chi connectivity index (χ4n) is 3.05. The van der Waals surface area contributed by atoms with E-state index in [0.717, 1.165) is 31.9 Å². The summed E-state index contributed by atoms with van der Waals surface area (Å²) in [6.07, 6.45) is 10.7. The third-order valence-electron chi connectivity index (χ3n) is 4.23. The predicted octanol–water partition coefficient (Wildman–Crippen LogP) is 2.36. The average molecular weight is 392 g/mol. The minimum absolute atomic E-state index is 0. The molecule has 1 heterocycles. The molecule has 0 bridgehead atoms. The van der Waals surface area contributed by atoms with Crippen molar-refractivity contribution in [1.29, 1.82) is 0 Å². The number of guanidine groups is 1. The third kappa shape index (κ3) is 5.24. The first-order valence-corrected chi connectivity index (χ1v) is 7.69. The van der Waals surface area contributed by atoms with Gasteiger partial charge < -0.3 is 10.6 Å². The molecule has 0 saturated carbocycles. The highest BCUT2D eigenvalue weighted by Gasteiger charge is 2.21. The molecule has 5 heteroatoms. The molecule has 116 valence electrons. The Morgan fingerprint density at radius 3 is 2.70 bits per heavy atom. The van der Waals surface area contributed by atoms with E-state index in [0.29, 0.717) is 12.1 Å². The maximum atomic E-state index is 4.33. The molecule has 0 radical (unpaired) electrons. The van der Waals surface area contributed by atoms with Gasteiger partial charge in [-0.15, -0.1) is 24.0 Å². The molecule has 1 unspecified atom stereocenters. The van der Waals surface area contributed by atoms with Gasteiger partial charge in [0.1, 0.15) is 0 Å². The van der Waals surface area contributed by atoms with Crippen molar-refractivity contribution >= 4 is 29.9 Å². The standard InChI is InChI=1S/C15H28N4.HI/c1-3-19-11-7-6-10-14(19)12-17-15(16-2)18-13-8-4-5-9-13;/h4-5,13-14H,3,6-12H2,1-2H3,(H2,16,17,18);1H. The van der Waals surface area contributed by atoms with Crippen LogP contribution in [0.1, 0.15) is 39.0 Å². The fourth-order valence-corrected chi connectivity index (χ4v) is 3.05. The van der Waals surface area contributed by atoms with Crippen LogP contribution in [0.4, 0.5) is 0 Å². The number of likely N-dealkylation sites (tertiary alicyclic amines) is 1. The fraction of sp³-hybridized carbons (Fsp3) is 0.800. The molecular formula is C15H29IN4. The molecule has 2 aliphatic rings. The molecule has 1 fully saturated rings. The molecule has 20 heavy (non-hydrogen) atoms. The molecule has 2 N–H and O–H groups in total. The molecule has 0 aromatic rings. The molecule has 1 aliphatic heterocycles. The number of nitrogens with zero attached hydrogens (tertiary/aromatic N) is 2. The van der Waals surface area contributed by atoms with E-state index in [9.17, 15) is 0 Å². The molecule has 0 amide bonds. The topological polar surface area (TPSA) is 39.7 Å². The minimum Gasteiger partial charge on any atom is -0.355 e. The summed E-state index contributed by atoms with van der Waals surface area (Å²) in [4.78, 5) is 6.92. The van der Waals surface area contributed by atoms with Gasteiger partial charge in [0.15, 0.2) is 5.96 Å². The first-order valence-electron chi connectivity index (χ1n) is 7.69. The lowest BCUT2D eigenvalue weighted by molar-refractivity contribution is 0.157. The van der Waals surface area contributed by atoms with E-state index in [1.54, 1.807) is 0 Å². The lowest BCUT2D eigenvalue weighted by atomic mass is 10.0. The highest BCUT2D eigenvalue weighted by atomic mass is 127. The molecule has 0 aromatic heterocycles. The lowest BCUT2D eigenvalue weighted by Crippen LogP contribution is -2.50. The van der Waals surface area contributed by atoms with Crippen LogP contribution >= 0.6 is 24.0 Å². The Labute approximate surface area is 140 Å². The molecule has 2 rings (SSSR count). The van der Waals surface area contributed by atoms with Crippen LogP contribution in [-0.2, 0) is 0 Å². The van der Waals surface area contributed by atoms with Crippen LogP contribution in [0.5, 0.6) is 0 Å². The summed E-state index contributed by atoms with van der Waals surface area (Å²) in [5.74, 6) is 0.954. The summed E-state index contributed by atoms with van der Waals surface area (Å²) >= 11 is 0. The van der Waals surface area contributed by atoms with E-state index in [1.165, 1.54) is 25.8 Å². The Morgan fingerprint density at radius 2 is 2.05 bits per heavy atom. The van der Waals surface area contributed by atoms with Gasteiger partial charge in [0.2, 0.25) is 0 Å². The summed E-state index contributed by atoms with van der Waals surface area (Å²) in [7, 11) is 1.86. The van der Waals surface area contributed by atoms with Crippen molar-refractivity contribution in [1.82, 2.24) is 15.5 Å². The van der Waals surface area contributed by atoms with Crippen LogP contribution in [0.15, 0.2) is 17.1 Å². The zero-order chi connectivity index (χ0) is 13.5. The Morgan fingerprint density at radius 1 is 1.30 bits per heavy atom. The van der Waals surface area contributed by atoms with E-state index < -0.39 is 0 Å². The number of halogens is 1. The Balaban J connectivity index is 0.00000200. The van der Waals surface area contributed by atoms with Gasteiger partial charge in [0.05, 0.1) is 0 Å². The van der Waals surface area contributed by atoms with Gasteiger partial charge in [0.25, 0.3) is 0 Å². The molecule has 0 aromatic carbocycles. The van der Waals surface area contributed by atoms with Gasteiger partial charge in [-0.05, 0) is 38.8 Å². The molecule has 0 spiro atoms. The van der Waals surface area contributed by atoms with E-state index in [4.69, 9.17) is 0 Å². The van der Waals surface area contributed by atoms with Crippen LogP contribution in [0, 0.1) is 0 Å². The summed E-state index contributed by atoms with van der Waals surface area (Å²) < 4.78 is 0. The van der Waals surface area contributed by atoms with Gasteiger partial charge in [-0.25, -0.2) is 0 Å². The second-order valence-corrected chi connectivity index (χ2v) is 5.52. The highest BCUT2D eigenvalue weighted by molar-refractivity contribution is 14.0. The van der Waals surface area contributed by atoms with E-state index in [2.05, 4.69) is 39.6 Å². The normalized spacial score (nSPS) is 24.5. The second kappa shape index (κ2) is 9.60. The van der Waals surface area contributed by atoms with Crippen molar-refractivity contribution in [2.24, 2.45) is 4.99 Å². The SMILES string of the molecule is CCN1CCCCC1CNC(=NC)NC1CC=CC1.I. The molecule has 1 atom stereocenters. The summed E-state index contributed by atoms with van der Waals surface area (Å²) in [6.45, 7) is 5.68. The van der Waals surface area contributed by atoms with E-state index in [-0.39, 0.29) is 24.0 Å². The quantitative estimate of drug-likeness (QED) is 0.334. The van der Waals surface area contributed by atoms with Crippen molar-refractivity contribution in [2.45, 2.75) is 51.1 Å². The Bertz CT molecular complexity index is 322. The molecule has 4 nitrogen and oxygen atoms in total. The predicted molar refractivity (Wildman–Crippen MR) is 97.0 cm³/mol. The van der Waals surface area contributed by atoms with Crippen molar-refractivity contribution in [3.63, 3.8) is 0 Å². The van der Waals surface area contributed by atoms with Crippen LogP contribution < -0.4 is 10.6 Å². The van der Waals surface area contributed by atoms with Gasteiger partial charge in [-0.1, -0.05) is 25.5 Å². The summed E-state index contributed by atoms with van der Waals surface area (Å²) in [5, 5.41) is 7.00. The summed E-state index contributed by atoms with van der Waals surface area (Å²) in [6, 6.07) is 1.19. The number of rotatable bonds is 4. The number of nitrogens with one attached hydrogen (secondary N) is 2. The first kappa shape index (κ1) is 17.8. The summed E-state index contributed by atoms with van der Waals surface area (Å²) in [5.41, 5.74) is 0. The van der Waals surface area contributed by atoms with Gasteiger partial charge in [0, 0.05) is 25.7 Å². The van der Waals surface area contributed by atoms with Crippen LogP contribution in [0.3, 0.4) is 0 Å². The number of likely N-dealkylation sites (N-methyl/N-ethyl adjacent to an activating group) is 1. The monoisotopic (exact) mass is 392 g/mol. The van der Waals surface area contributed by atoms with Crippen LogP contribution in [-0.4, -0.2) is 49.6 Å². The van der Waals surface area contributed by atoms with Gasteiger partial charge in [-0.3, -0.25) is 9.89 Å². The maximum absolute atomic E-state index is 4.33. The van der Waals surface area contributed by atoms with Crippen molar-refractivity contribution in [3.8, 4) is 0 Å². The van der Waals surface area contributed by atoms with Gasteiger partial charge in [-0.2, -0.15) is 0 Å². The number of hydrogen-bond donors (Lipinski definition) is 2. The maximum Gasteiger partial charge on any atom is 0.191 e.